The summed E-state index contributed by atoms with van der Waals surface area (Å²) in [5.41, 5.74) is 1.61. The Morgan fingerprint density at radius 1 is 0.938 bits per heavy atom. The minimum absolute atomic E-state index is 0.130. The van der Waals surface area contributed by atoms with Crippen molar-refractivity contribution < 1.29 is 31.9 Å². The molecule has 0 saturated carbocycles. The summed E-state index contributed by atoms with van der Waals surface area (Å²) < 4.78 is 53.9. The smallest absolute Gasteiger partial charge is 0.422 e. The Labute approximate surface area is 180 Å². The van der Waals surface area contributed by atoms with Gasteiger partial charge in [-0.3, -0.25) is 9.59 Å². The summed E-state index contributed by atoms with van der Waals surface area (Å²) in [7, 11) is 0. The number of alkyl halides is 3. The maximum Gasteiger partial charge on any atom is 0.422 e. The molecule has 0 radical (unpaired) electrons. The number of carbonyl (C=O) groups is 2. The van der Waals surface area contributed by atoms with Gasteiger partial charge in [-0.05, 0) is 48.0 Å². The van der Waals surface area contributed by atoms with Crippen LogP contribution in [0.2, 0.25) is 0 Å². The maximum atomic E-state index is 13.0. The van der Waals surface area contributed by atoms with Gasteiger partial charge in [0.2, 0.25) is 5.88 Å². The molecule has 166 valence electrons. The Balaban J connectivity index is 1.54. The van der Waals surface area contributed by atoms with Crippen molar-refractivity contribution in [3.8, 4) is 5.88 Å². The molecule has 6 nitrogen and oxygen atoms in total. The molecule has 2 N–H and O–H groups in total. The van der Waals surface area contributed by atoms with Crippen molar-refractivity contribution in [1.82, 2.24) is 10.3 Å². The number of hydrogen-bond acceptors (Lipinski definition) is 4. The van der Waals surface area contributed by atoms with Gasteiger partial charge in [0.15, 0.2) is 6.61 Å². The van der Waals surface area contributed by atoms with Gasteiger partial charge < -0.3 is 15.4 Å². The van der Waals surface area contributed by atoms with Gasteiger partial charge in [-0.15, -0.1) is 0 Å². The zero-order chi connectivity index (χ0) is 23.1. The van der Waals surface area contributed by atoms with Crippen LogP contribution in [0.25, 0.3) is 0 Å². The number of rotatable bonds is 7. The first-order valence-electron chi connectivity index (χ1n) is 9.29. The van der Waals surface area contributed by atoms with Crippen molar-refractivity contribution in [1.29, 1.82) is 0 Å². The first-order chi connectivity index (χ1) is 15.2. The third-order valence-electron chi connectivity index (χ3n) is 4.13. The van der Waals surface area contributed by atoms with Crippen LogP contribution in [-0.2, 0) is 6.54 Å². The van der Waals surface area contributed by atoms with Gasteiger partial charge in [-0.1, -0.05) is 12.1 Å². The number of carbonyl (C=O) groups excluding carboxylic acids is 2. The molecule has 0 saturated heterocycles. The molecule has 32 heavy (non-hydrogen) atoms. The molecule has 0 aliphatic heterocycles. The van der Waals surface area contributed by atoms with Crippen LogP contribution in [0.5, 0.6) is 5.88 Å². The predicted octanol–water partition coefficient (Wildman–Crippen LogP) is 4.34. The van der Waals surface area contributed by atoms with Crippen LogP contribution in [-0.4, -0.2) is 29.6 Å². The van der Waals surface area contributed by atoms with Crippen molar-refractivity contribution >= 4 is 17.5 Å². The molecule has 1 heterocycles. The summed E-state index contributed by atoms with van der Waals surface area (Å²) in [6.07, 6.45) is -3.37. The lowest BCUT2D eigenvalue weighted by Crippen LogP contribution is -2.23. The fourth-order valence-electron chi connectivity index (χ4n) is 2.60. The van der Waals surface area contributed by atoms with Gasteiger partial charge in [0.05, 0.1) is 5.56 Å². The third kappa shape index (κ3) is 6.79. The Morgan fingerprint density at radius 2 is 1.66 bits per heavy atom. The molecule has 0 fully saturated rings. The highest BCUT2D eigenvalue weighted by Gasteiger charge is 2.28. The highest BCUT2D eigenvalue weighted by molar-refractivity contribution is 6.04. The molecule has 0 bridgehead atoms. The van der Waals surface area contributed by atoms with E-state index in [2.05, 4.69) is 20.4 Å². The Hall–Kier alpha value is -3.95. The Kier molecular flexibility index (Phi) is 7.04. The lowest BCUT2D eigenvalue weighted by molar-refractivity contribution is -0.154. The zero-order valence-electron chi connectivity index (χ0n) is 16.4. The van der Waals surface area contributed by atoms with Gasteiger partial charge in [0.25, 0.3) is 11.8 Å². The second-order valence-corrected chi connectivity index (χ2v) is 6.63. The second kappa shape index (κ2) is 9.90. The zero-order valence-corrected chi connectivity index (χ0v) is 16.4. The van der Waals surface area contributed by atoms with E-state index in [0.29, 0.717) is 16.8 Å². The minimum atomic E-state index is -4.48. The third-order valence-corrected chi connectivity index (χ3v) is 4.13. The summed E-state index contributed by atoms with van der Waals surface area (Å²) >= 11 is 0. The molecule has 1 aromatic heterocycles. The van der Waals surface area contributed by atoms with E-state index < -0.39 is 30.4 Å². The maximum absolute atomic E-state index is 13.0. The number of hydrogen-bond donors (Lipinski definition) is 2. The number of nitrogens with one attached hydrogen (secondary N) is 2. The summed E-state index contributed by atoms with van der Waals surface area (Å²) in [6, 6.07) is 14.3. The van der Waals surface area contributed by atoms with Crippen LogP contribution in [0.1, 0.15) is 26.3 Å². The normalized spacial score (nSPS) is 11.0. The minimum Gasteiger partial charge on any atom is -0.468 e. The SMILES string of the molecule is O=C(NCc1cccc(NC(=O)c2ccc(F)cc2)c1)c1ccc(OCC(F)(F)F)nc1. The monoisotopic (exact) mass is 447 g/mol. The molecule has 0 unspecified atom stereocenters. The Morgan fingerprint density at radius 3 is 2.31 bits per heavy atom. The highest BCUT2D eigenvalue weighted by Crippen LogP contribution is 2.17. The molecule has 0 aliphatic carbocycles. The molecule has 0 atom stereocenters. The van der Waals surface area contributed by atoms with E-state index in [-0.39, 0.29) is 18.0 Å². The average Bonchev–Trinajstić information content (AvgIpc) is 2.76. The second-order valence-electron chi connectivity index (χ2n) is 6.63. The quantitative estimate of drug-likeness (QED) is 0.528. The standard InChI is InChI=1S/C22H17F4N3O3/c23-17-7-4-15(5-8-17)21(31)29-18-3-1-2-14(10-18)11-28-20(30)16-6-9-19(27-12-16)32-13-22(24,25)26/h1-10,12H,11,13H2,(H,28,30)(H,29,31). The van der Waals surface area contributed by atoms with Crippen molar-refractivity contribution in [2.75, 3.05) is 11.9 Å². The average molecular weight is 447 g/mol. The number of ether oxygens (including phenoxy) is 1. The molecule has 0 spiro atoms. The van der Waals surface area contributed by atoms with Crippen molar-refractivity contribution in [3.63, 3.8) is 0 Å². The van der Waals surface area contributed by atoms with Crippen LogP contribution in [0.4, 0.5) is 23.2 Å². The topological polar surface area (TPSA) is 80.3 Å². The van der Waals surface area contributed by atoms with E-state index in [1.54, 1.807) is 24.3 Å². The summed E-state index contributed by atoms with van der Waals surface area (Å²) in [6.45, 7) is -1.34. The highest BCUT2D eigenvalue weighted by atomic mass is 19.4. The van der Waals surface area contributed by atoms with E-state index >= 15 is 0 Å². The van der Waals surface area contributed by atoms with Crippen LogP contribution >= 0.6 is 0 Å². The van der Waals surface area contributed by atoms with E-state index in [1.807, 2.05) is 0 Å². The number of nitrogens with zero attached hydrogens (tertiary/aromatic N) is 1. The van der Waals surface area contributed by atoms with E-state index in [0.717, 1.165) is 6.20 Å². The molecule has 2 amide bonds. The number of aromatic nitrogens is 1. The molecule has 3 rings (SSSR count). The van der Waals surface area contributed by atoms with Gasteiger partial charge in [-0.2, -0.15) is 13.2 Å². The van der Waals surface area contributed by atoms with E-state index in [9.17, 15) is 27.2 Å². The summed E-state index contributed by atoms with van der Waals surface area (Å²) in [5, 5.41) is 5.34. The van der Waals surface area contributed by atoms with Crippen LogP contribution in [0.15, 0.2) is 66.9 Å². The summed E-state index contributed by atoms with van der Waals surface area (Å²) in [5.74, 6) is -1.59. The van der Waals surface area contributed by atoms with Crippen molar-refractivity contribution in [2.45, 2.75) is 12.7 Å². The Bertz CT molecular complexity index is 1080. The predicted molar refractivity (Wildman–Crippen MR) is 108 cm³/mol. The van der Waals surface area contributed by atoms with Gasteiger partial charge in [-0.25, -0.2) is 9.37 Å². The molecule has 2 aromatic carbocycles. The number of benzene rings is 2. The van der Waals surface area contributed by atoms with E-state index in [4.69, 9.17) is 0 Å². The lowest BCUT2D eigenvalue weighted by Gasteiger charge is -2.10. The molecular weight excluding hydrogens is 430 g/mol. The van der Waals surface area contributed by atoms with Crippen LogP contribution in [0, 0.1) is 5.82 Å². The lowest BCUT2D eigenvalue weighted by atomic mass is 10.1. The first kappa shape index (κ1) is 22.7. The number of amides is 2. The van der Waals surface area contributed by atoms with Crippen molar-refractivity contribution in [3.05, 3.63) is 89.4 Å². The largest absolute Gasteiger partial charge is 0.468 e. The van der Waals surface area contributed by atoms with Crippen LogP contribution < -0.4 is 15.4 Å². The molecule has 3 aromatic rings. The van der Waals surface area contributed by atoms with Crippen LogP contribution in [0.3, 0.4) is 0 Å². The first-order valence-corrected chi connectivity index (χ1v) is 9.29. The van der Waals surface area contributed by atoms with Gasteiger partial charge in [0.1, 0.15) is 5.82 Å². The van der Waals surface area contributed by atoms with Crippen molar-refractivity contribution in [2.24, 2.45) is 0 Å². The molecule has 10 heteroatoms. The molecular formula is C22H17F4N3O3. The fourth-order valence-corrected chi connectivity index (χ4v) is 2.60. The van der Waals surface area contributed by atoms with Gasteiger partial charge >= 0.3 is 6.18 Å². The number of pyridine rings is 1. The fraction of sp³-hybridized carbons (Fsp3) is 0.136. The van der Waals surface area contributed by atoms with E-state index in [1.165, 1.54) is 36.4 Å². The van der Waals surface area contributed by atoms with Gasteiger partial charge in [0, 0.05) is 30.1 Å². The molecule has 0 aliphatic rings. The number of halogens is 4. The number of anilines is 1. The summed E-state index contributed by atoms with van der Waals surface area (Å²) in [4.78, 5) is 28.2.